The van der Waals surface area contributed by atoms with Gasteiger partial charge in [-0.1, -0.05) is 110 Å². The number of hydrogen-bond acceptors (Lipinski definition) is 2. The fourth-order valence-corrected chi connectivity index (χ4v) is 3.13. The normalized spacial score (nSPS) is 16.2. The lowest BCUT2D eigenvalue weighted by Crippen LogP contribution is -2.17. The van der Waals surface area contributed by atoms with Crippen molar-refractivity contribution in [1.82, 2.24) is 5.32 Å². The molecule has 2 unspecified atom stereocenters. The fraction of sp³-hybridized carbons (Fsp3) is 0.742. The van der Waals surface area contributed by atoms with Crippen molar-refractivity contribution in [3.63, 3.8) is 0 Å². The summed E-state index contributed by atoms with van der Waals surface area (Å²) in [5.41, 5.74) is 2.89. The zero-order valence-corrected chi connectivity index (χ0v) is 26.2. The number of rotatable bonds is 8. The van der Waals surface area contributed by atoms with Crippen LogP contribution < -0.4 is 5.32 Å². The molecule has 1 aliphatic rings. The van der Waals surface area contributed by atoms with Gasteiger partial charge in [0.1, 0.15) is 0 Å². The molecule has 0 aromatic heterocycles. The Bertz CT molecular complexity index is 500. The van der Waals surface area contributed by atoms with E-state index in [-0.39, 0.29) is 0 Å². The monoisotopic (exact) mass is 499 g/mol. The van der Waals surface area contributed by atoms with Crippen LogP contribution in [0.4, 0.5) is 0 Å². The van der Waals surface area contributed by atoms with Crippen LogP contribution in [-0.2, 0) is 4.74 Å². The third kappa shape index (κ3) is 31.0. The van der Waals surface area contributed by atoms with Gasteiger partial charge in [0.25, 0.3) is 0 Å². The number of ether oxygens (including phenoxy) is 1. The maximum atomic E-state index is 6.53. The Morgan fingerprint density at radius 1 is 1.12 bits per heavy atom. The van der Waals surface area contributed by atoms with E-state index in [1.807, 2.05) is 48.5 Å². The number of terminal acetylenes is 1. The highest BCUT2D eigenvalue weighted by atomic mass is 35.5. The number of hydrogen-bond donors (Lipinski definition) is 1. The largest absolute Gasteiger partial charge is 0.384 e. The molecular formula is C31H62ClNO. The summed E-state index contributed by atoms with van der Waals surface area (Å²) >= 11 is 6.53. The van der Waals surface area contributed by atoms with E-state index < -0.39 is 0 Å². The molecule has 34 heavy (non-hydrogen) atoms. The predicted molar refractivity (Wildman–Crippen MR) is 162 cm³/mol. The van der Waals surface area contributed by atoms with E-state index >= 15 is 0 Å². The van der Waals surface area contributed by atoms with E-state index in [1.165, 1.54) is 17.6 Å². The van der Waals surface area contributed by atoms with Crippen molar-refractivity contribution in [2.45, 2.75) is 115 Å². The van der Waals surface area contributed by atoms with Crippen molar-refractivity contribution < 1.29 is 4.74 Å². The van der Waals surface area contributed by atoms with E-state index in [0.717, 1.165) is 43.8 Å². The first-order valence-electron chi connectivity index (χ1n) is 13.7. The van der Waals surface area contributed by atoms with Crippen LogP contribution >= 0.6 is 11.6 Å². The fourth-order valence-electron chi connectivity index (χ4n) is 2.77. The lowest BCUT2D eigenvalue weighted by molar-refractivity contribution is 0.206. The van der Waals surface area contributed by atoms with Crippen LogP contribution in [0.25, 0.3) is 0 Å². The van der Waals surface area contributed by atoms with Gasteiger partial charge in [0.2, 0.25) is 0 Å². The van der Waals surface area contributed by atoms with Gasteiger partial charge in [-0.15, -0.1) is 12.3 Å². The molecule has 0 saturated carbocycles. The van der Waals surface area contributed by atoms with Crippen LogP contribution in [0.2, 0.25) is 0 Å². The van der Waals surface area contributed by atoms with Crippen LogP contribution in [-0.4, -0.2) is 26.8 Å². The van der Waals surface area contributed by atoms with Gasteiger partial charge in [0.15, 0.2) is 0 Å². The molecule has 0 bridgehead atoms. The maximum absolute atomic E-state index is 6.53. The van der Waals surface area contributed by atoms with Gasteiger partial charge in [-0.2, -0.15) is 0 Å². The summed E-state index contributed by atoms with van der Waals surface area (Å²) in [6, 6.07) is 0. The second-order valence-corrected chi connectivity index (χ2v) is 7.62. The Morgan fingerprint density at radius 3 is 2.03 bits per heavy atom. The predicted octanol–water partition coefficient (Wildman–Crippen LogP) is 10.2. The number of allylic oxidation sites excluding steroid dienone is 5. The second-order valence-electron chi connectivity index (χ2n) is 7.21. The van der Waals surface area contributed by atoms with Crippen molar-refractivity contribution in [2.75, 3.05) is 26.8 Å². The maximum Gasteiger partial charge on any atom is 0.0571 e. The Morgan fingerprint density at radius 2 is 1.68 bits per heavy atom. The van der Waals surface area contributed by atoms with Crippen LogP contribution in [0.3, 0.4) is 0 Å². The van der Waals surface area contributed by atoms with Gasteiger partial charge in [-0.25, -0.2) is 0 Å². The summed E-state index contributed by atoms with van der Waals surface area (Å²) in [6.07, 6.45) is 16.7. The van der Waals surface area contributed by atoms with E-state index in [9.17, 15) is 0 Å². The third-order valence-electron chi connectivity index (χ3n) is 4.52. The van der Waals surface area contributed by atoms with Gasteiger partial charge >= 0.3 is 0 Å². The Hall–Kier alpha value is -1.01. The van der Waals surface area contributed by atoms with Gasteiger partial charge in [-0.05, 0) is 64.5 Å². The molecular weight excluding hydrogens is 438 g/mol. The van der Waals surface area contributed by atoms with Crippen LogP contribution in [0.1, 0.15) is 115 Å². The molecule has 1 aliphatic carbocycles. The first-order chi connectivity index (χ1) is 16.4. The summed E-state index contributed by atoms with van der Waals surface area (Å²) in [4.78, 5) is 0. The molecule has 0 aromatic rings. The van der Waals surface area contributed by atoms with Crippen LogP contribution in [0, 0.1) is 24.2 Å². The summed E-state index contributed by atoms with van der Waals surface area (Å²) in [6.45, 7) is 27.9. The van der Waals surface area contributed by atoms with Gasteiger partial charge in [0, 0.05) is 18.6 Å². The summed E-state index contributed by atoms with van der Waals surface area (Å²) < 4.78 is 4.64. The topological polar surface area (TPSA) is 21.3 Å². The molecule has 2 nitrogen and oxygen atoms in total. The Labute approximate surface area is 222 Å². The van der Waals surface area contributed by atoms with Crippen molar-refractivity contribution in [3.05, 3.63) is 34.4 Å². The molecule has 0 radical (unpaired) electrons. The zero-order chi connectivity index (χ0) is 27.8. The van der Waals surface area contributed by atoms with Crippen molar-refractivity contribution in [3.8, 4) is 12.3 Å². The molecule has 2 atom stereocenters. The molecule has 0 aliphatic heterocycles. The lowest BCUT2D eigenvalue weighted by atomic mass is 9.94. The van der Waals surface area contributed by atoms with E-state index in [4.69, 9.17) is 18.0 Å². The smallest absolute Gasteiger partial charge is 0.0571 e. The average Bonchev–Trinajstić information content (AvgIpc) is 2.96. The first kappa shape index (κ1) is 43.1. The molecule has 1 N–H and O–H groups in total. The quantitative estimate of drug-likeness (QED) is 0.203. The van der Waals surface area contributed by atoms with E-state index in [1.54, 1.807) is 7.11 Å². The Kier molecular flexibility index (Phi) is 49.7. The minimum Gasteiger partial charge on any atom is -0.384 e. The molecule has 204 valence electrons. The molecule has 1 rings (SSSR count). The summed E-state index contributed by atoms with van der Waals surface area (Å²) in [5, 5.41) is 4.55. The third-order valence-corrected chi connectivity index (χ3v) is 5.13. The number of methoxy groups -OCH3 is 1. The van der Waals surface area contributed by atoms with Crippen molar-refractivity contribution >= 4 is 11.6 Å². The highest BCUT2D eigenvalue weighted by Crippen LogP contribution is 2.35. The molecule has 0 spiro atoms. The van der Waals surface area contributed by atoms with Crippen LogP contribution in [0.15, 0.2) is 34.4 Å². The molecule has 0 aromatic carbocycles. The van der Waals surface area contributed by atoms with Gasteiger partial charge < -0.3 is 10.1 Å². The van der Waals surface area contributed by atoms with Crippen molar-refractivity contribution in [2.24, 2.45) is 11.8 Å². The van der Waals surface area contributed by atoms with Gasteiger partial charge in [0.05, 0.1) is 6.61 Å². The summed E-state index contributed by atoms with van der Waals surface area (Å²) in [5.74, 6) is 3.47. The summed E-state index contributed by atoms with van der Waals surface area (Å²) in [7, 11) is 1.64. The number of nitrogens with one attached hydrogen (secondary N) is 1. The van der Waals surface area contributed by atoms with E-state index in [2.05, 4.69) is 68.8 Å². The molecule has 0 heterocycles. The molecule has 0 amide bonds. The molecule has 0 saturated heterocycles. The Balaban J connectivity index is -0.000000136. The standard InChI is InChI=1S/C15H26ClN.C5H8O.C5H10.3C2H6/c1-5-7-17-8-6-14-10-11(2)9-12(3)13(4)15(14)16;1-3-4-5-6-2;1-3-5-4-2;3*1-2/h9,12-13,17H,5-8,10H2,1-4H3;1H,4-5H2,2H3;3,5H,4H2,1-2H3;3*1-2H3/b;;5-3-;;;. The first-order valence-corrected chi connectivity index (χ1v) is 14.1. The van der Waals surface area contributed by atoms with E-state index in [0.29, 0.717) is 18.4 Å². The highest BCUT2D eigenvalue weighted by molar-refractivity contribution is 6.30. The highest BCUT2D eigenvalue weighted by Gasteiger charge is 2.20. The minimum absolute atomic E-state index is 0.468. The average molecular weight is 500 g/mol. The SMILES string of the molecule is C#CCCOC.C/C=C\CC.CC.CC.CC.CCCNCCC1=C(Cl)C(C)C(C)C=C(C)C1. The van der Waals surface area contributed by atoms with Crippen molar-refractivity contribution in [1.29, 1.82) is 0 Å². The van der Waals surface area contributed by atoms with Crippen LogP contribution in [0.5, 0.6) is 0 Å². The second kappa shape index (κ2) is 39.2. The lowest BCUT2D eigenvalue weighted by Gasteiger charge is -2.17. The zero-order valence-electron chi connectivity index (χ0n) is 25.4. The molecule has 3 heteroatoms. The van der Waals surface area contributed by atoms with Gasteiger partial charge in [-0.3, -0.25) is 0 Å². The minimum atomic E-state index is 0.468. The number of halogens is 1. The molecule has 0 fully saturated rings.